The predicted octanol–water partition coefficient (Wildman–Crippen LogP) is 5.71. The molecule has 1 amide bonds. The first-order chi connectivity index (χ1) is 16.6. The Morgan fingerprint density at radius 1 is 0.971 bits per heavy atom. The summed E-state index contributed by atoms with van der Waals surface area (Å²) in [5.41, 5.74) is 4.52. The summed E-state index contributed by atoms with van der Waals surface area (Å²) in [6, 6.07) is 26.2. The second kappa shape index (κ2) is 10.0. The van der Waals surface area contributed by atoms with E-state index < -0.39 is 0 Å². The van der Waals surface area contributed by atoms with Crippen LogP contribution in [-0.2, 0) is 24.3 Å². The van der Waals surface area contributed by atoms with Gasteiger partial charge in [-0.2, -0.15) is 0 Å². The summed E-state index contributed by atoms with van der Waals surface area (Å²) in [6.45, 7) is 3.93. The fourth-order valence-corrected chi connectivity index (χ4v) is 5.43. The number of nitrogens with zero attached hydrogens (tertiary/aromatic N) is 4. The summed E-state index contributed by atoms with van der Waals surface area (Å²) in [5, 5.41) is 10.00. The lowest BCUT2D eigenvalue weighted by atomic mass is 10.00. The number of hydrogen-bond donors (Lipinski definition) is 0. The minimum atomic E-state index is -0.289. The van der Waals surface area contributed by atoms with Crippen molar-refractivity contribution < 1.29 is 4.79 Å². The molecule has 2 heterocycles. The first-order valence-electron chi connectivity index (χ1n) is 11.3. The van der Waals surface area contributed by atoms with Crippen LogP contribution in [0.4, 0.5) is 0 Å². The second-order valence-electron chi connectivity index (χ2n) is 8.40. The summed E-state index contributed by atoms with van der Waals surface area (Å²) in [6.07, 6.45) is 0.889. The van der Waals surface area contributed by atoms with Crippen molar-refractivity contribution in [2.24, 2.45) is 0 Å². The molecule has 172 valence electrons. The normalized spacial score (nSPS) is 14.0. The number of carbonyl (C=O) groups excluding carboxylic acids is 1. The number of amides is 1. The molecule has 3 aromatic carbocycles. The number of carbonyl (C=O) groups is 1. The van der Waals surface area contributed by atoms with Crippen molar-refractivity contribution in [1.29, 1.82) is 0 Å². The fraction of sp³-hybridized carbons (Fsp3) is 0.222. The van der Waals surface area contributed by atoms with Gasteiger partial charge in [0, 0.05) is 18.7 Å². The maximum atomic E-state index is 13.3. The summed E-state index contributed by atoms with van der Waals surface area (Å²) < 4.78 is 2.05. The van der Waals surface area contributed by atoms with Gasteiger partial charge in [-0.15, -0.1) is 10.2 Å². The molecule has 0 spiro atoms. The van der Waals surface area contributed by atoms with Crippen LogP contribution in [0.2, 0.25) is 5.02 Å². The Kier molecular flexibility index (Phi) is 6.70. The van der Waals surface area contributed by atoms with E-state index in [0.717, 1.165) is 24.1 Å². The Morgan fingerprint density at radius 3 is 2.47 bits per heavy atom. The lowest BCUT2D eigenvalue weighted by Crippen LogP contribution is -2.40. The Balaban J connectivity index is 1.41. The average Bonchev–Trinajstić information content (AvgIpc) is 3.25. The molecule has 5 nitrogen and oxygen atoms in total. The van der Waals surface area contributed by atoms with Crippen molar-refractivity contribution in [3.8, 4) is 11.4 Å². The summed E-state index contributed by atoms with van der Waals surface area (Å²) in [5.74, 6) is 0.816. The largest absolute Gasteiger partial charge is 0.337 e. The van der Waals surface area contributed by atoms with Gasteiger partial charge in [-0.3, -0.25) is 9.36 Å². The van der Waals surface area contributed by atoms with Crippen LogP contribution in [0.5, 0.6) is 0 Å². The van der Waals surface area contributed by atoms with Crippen LogP contribution in [0.1, 0.15) is 23.6 Å². The van der Waals surface area contributed by atoms with E-state index in [9.17, 15) is 4.79 Å². The molecule has 1 atom stereocenters. The third-order valence-electron chi connectivity index (χ3n) is 6.09. The van der Waals surface area contributed by atoms with Crippen LogP contribution in [0.25, 0.3) is 11.4 Å². The van der Waals surface area contributed by atoms with E-state index in [4.69, 9.17) is 11.6 Å². The van der Waals surface area contributed by atoms with Gasteiger partial charge in [-0.1, -0.05) is 90.1 Å². The van der Waals surface area contributed by atoms with Crippen LogP contribution in [-0.4, -0.2) is 37.4 Å². The van der Waals surface area contributed by atoms with Gasteiger partial charge in [-0.25, -0.2) is 0 Å². The highest BCUT2D eigenvalue weighted by atomic mass is 35.5. The van der Waals surface area contributed by atoms with Crippen LogP contribution < -0.4 is 0 Å². The number of benzene rings is 3. The molecule has 0 radical (unpaired) electrons. The molecule has 0 saturated carbocycles. The Bertz CT molecular complexity index is 1310. The summed E-state index contributed by atoms with van der Waals surface area (Å²) in [4.78, 5) is 15.3. The Hall–Kier alpha value is -3.09. The molecule has 1 aliphatic rings. The van der Waals surface area contributed by atoms with E-state index in [1.165, 1.54) is 22.9 Å². The van der Waals surface area contributed by atoms with Crippen LogP contribution in [0.3, 0.4) is 0 Å². The molecular formula is C27H25ClN4OS. The van der Waals surface area contributed by atoms with E-state index >= 15 is 0 Å². The molecular weight excluding hydrogens is 464 g/mol. The van der Waals surface area contributed by atoms with E-state index in [2.05, 4.69) is 45.1 Å². The SMILES string of the molecule is CC(Sc1nnc(-c2ccccc2Cl)n1Cc1ccccc1)C(=O)N1CCc2ccccc2C1. The number of hydrogen-bond acceptors (Lipinski definition) is 4. The quantitative estimate of drug-likeness (QED) is 0.326. The van der Waals surface area contributed by atoms with Crippen molar-refractivity contribution >= 4 is 29.3 Å². The standard InChI is InChI=1S/C27H25ClN4OS/c1-19(26(33)31-16-15-21-11-5-6-12-22(21)18-31)34-27-30-29-25(23-13-7-8-14-24(23)28)32(27)17-20-9-3-2-4-10-20/h2-14,19H,15-18H2,1H3. The lowest BCUT2D eigenvalue weighted by Gasteiger charge is -2.30. The summed E-state index contributed by atoms with van der Waals surface area (Å²) in [7, 11) is 0. The maximum absolute atomic E-state index is 13.3. The molecule has 34 heavy (non-hydrogen) atoms. The molecule has 5 rings (SSSR count). The topological polar surface area (TPSA) is 51.0 Å². The molecule has 0 saturated heterocycles. The van der Waals surface area contributed by atoms with Gasteiger partial charge in [0.2, 0.25) is 5.91 Å². The zero-order chi connectivity index (χ0) is 23.5. The molecule has 1 unspecified atom stereocenters. The van der Waals surface area contributed by atoms with Gasteiger partial charge in [0.1, 0.15) is 0 Å². The number of halogens is 1. The van der Waals surface area contributed by atoms with Gasteiger partial charge < -0.3 is 4.90 Å². The van der Waals surface area contributed by atoms with Crippen molar-refractivity contribution in [3.63, 3.8) is 0 Å². The second-order valence-corrected chi connectivity index (χ2v) is 10.1. The molecule has 0 aliphatic carbocycles. The first-order valence-corrected chi connectivity index (χ1v) is 12.6. The maximum Gasteiger partial charge on any atom is 0.236 e. The zero-order valence-electron chi connectivity index (χ0n) is 18.9. The molecule has 0 fully saturated rings. The third-order valence-corrected chi connectivity index (χ3v) is 7.49. The first kappa shape index (κ1) is 22.7. The van der Waals surface area contributed by atoms with Crippen LogP contribution in [0.15, 0.2) is 84.0 Å². The van der Waals surface area contributed by atoms with Gasteiger partial charge in [0.05, 0.1) is 16.8 Å². The van der Waals surface area contributed by atoms with Crippen molar-refractivity contribution in [2.45, 2.75) is 36.8 Å². The van der Waals surface area contributed by atoms with Crippen LogP contribution >= 0.6 is 23.4 Å². The van der Waals surface area contributed by atoms with Gasteiger partial charge in [0.25, 0.3) is 0 Å². The molecule has 1 aromatic heterocycles. The lowest BCUT2D eigenvalue weighted by molar-refractivity contribution is -0.131. The number of rotatable bonds is 6. The highest BCUT2D eigenvalue weighted by Crippen LogP contribution is 2.32. The van der Waals surface area contributed by atoms with E-state index in [-0.39, 0.29) is 11.2 Å². The summed E-state index contributed by atoms with van der Waals surface area (Å²) >= 11 is 7.94. The molecule has 7 heteroatoms. The monoisotopic (exact) mass is 488 g/mol. The zero-order valence-corrected chi connectivity index (χ0v) is 20.5. The van der Waals surface area contributed by atoms with Crippen LogP contribution in [0, 0.1) is 0 Å². The Morgan fingerprint density at radius 2 is 1.68 bits per heavy atom. The van der Waals surface area contributed by atoms with E-state index in [1.807, 2.05) is 60.4 Å². The van der Waals surface area contributed by atoms with Crippen molar-refractivity contribution in [1.82, 2.24) is 19.7 Å². The minimum Gasteiger partial charge on any atom is -0.337 e. The number of aromatic nitrogens is 3. The molecule has 4 aromatic rings. The highest BCUT2D eigenvalue weighted by molar-refractivity contribution is 8.00. The minimum absolute atomic E-state index is 0.119. The third kappa shape index (κ3) is 4.74. The molecule has 0 bridgehead atoms. The van der Waals surface area contributed by atoms with Gasteiger partial charge >= 0.3 is 0 Å². The number of fused-ring (bicyclic) bond motifs is 1. The highest BCUT2D eigenvalue weighted by Gasteiger charge is 2.27. The van der Waals surface area contributed by atoms with Crippen molar-refractivity contribution in [3.05, 3.63) is 101 Å². The average molecular weight is 489 g/mol. The smallest absolute Gasteiger partial charge is 0.236 e. The van der Waals surface area contributed by atoms with Gasteiger partial charge in [0.15, 0.2) is 11.0 Å². The van der Waals surface area contributed by atoms with E-state index in [0.29, 0.717) is 29.1 Å². The van der Waals surface area contributed by atoms with Crippen molar-refractivity contribution in [2.75, 3.05) is 6.54 Å². The fourth-order valence-electron chi connectivity index (χ4n) is 4.28. The Labute approximate surface area is 208 Å². The molecule has 1 aliphatic heterocycles. The molecule has 0 N–H and O–H groups in total. The van der Waals surface area contributed by atoms with Gasteiger partial charge in [-0.05, 0) is 42.2 Å². The predicted molar refractivity (Wildman–Crippen MR) is 137 cm³/mol. The van der Waals surface area contributed by atoms with E-state index in [1.54, 1.807) is 0 Å². The number of thioether (sulfide) groups is 1.